The van der Waals surface area contributed by atoms with Gasteiger partial charge in [0.1, 0.15) is 23.0 Å². The Morgan fingerprint density at radius 2 is 1.51 bits per heavy atom. The van der Waals surface area contributed by atoms with E-state index in [0.717, 1.165) is 4.90 Å². The van der Waals surface area contributed by atoms with E-state index < -0.39 is 22.9 Å². The van der Waals surface area contributed by atoms with Crippen molar-refractivity contribution in [2.24, 2.45) is 0 Å². The number of carbonyl (C=O) groups is 4. The van der Waals surface area contributed by atoms with Crippen molar-refractivity contribution in [2.45, 2.75) is 16.6 Å². The molecule has 0 bridgehead atoms. The second-order valence-electron chi connectivity index (χ2n) is 10.8. The normalized spacial score (nSPS) is 14.4. The zero-order valence-corrected chi connectivity index (χ0v) is 27.2. The average molecular weight is 692 g/mol. The summed E-state index contributed by atoms with van der Waals surface area (Å²) < 4.78 is 20.3. The van der Waals surface area contributed by atoms with Crippen LogP contribution in [-0.4, -0.2) is 28.9 Å². The van der Waals surface area contributed by atoms with E-state index >= 15 is 0 Å². The molecule has 5 aromatic rings. The molecule has 4 amide bonds. The molecule has 1 fully saturated rings. The molecule has 0 radical (unpaired) electrons. The Bertz CT molecular complexity index is 2060. The smallest absolute Gasteiger partial charge is 0.272 e. The first-order valence-electron chi connectivity index (χ1n) is 15.0. The fraction of sp³-hybridized carbons (Fsp3) is 0.0526. The molecule has 5 aromatic carbocycles. The number of anilines is 2. The summed E-state index contributed by atoms with van der Waals surface area (Å²) in [6.45, 7) is 0. The molecule has 11 heteroatoms. The van der Waals surface area contributed by atoms with Crippen molar-refractivity contribution in [3.8, 4) is 11.5 Å². The first-order chi connectivity index (χ1) is 23.7. The Balaban J connectivity index is 1.14. The van der Waals surface area contributed by atoms with Crippen LogP contribution in [0.4, 0.5) is 15.8 Å². The molecule has 1 aliphatic heterocycles. The summed E-state index contributed by atoms with van der Waals surface area (Å²) in [5.41, 5.74) is 1.06. The monoisotopic (exact) mass is 691 g/mol. The minimum Gasteiger partial charge on any atom is -0.457 e. The molecule has 1 atom stereocenters. The predicted molar refractivity (Wildman–Crippen MR) is 188 cm³/mol. The largest absolute Gasteiger partial charge is 0.457 e. The van der Waals surface area contributed by atoms with Gasteiger partial charge >= 0.3 is 0 Å². The summed E-state index contributed by atoms with van der Waals surface area (Å²) in [7, 11) is 0. The van der Waals surface area contributed by atoms with Crippen LogP contribution < -0.4 is 20.3 Å². The Morgan fingerprint density at radius 1 is 0.837 bits per heavy atom. The van der Waals surface area contributed by atoms with Crippen LogP contribution in [0.3, 0.4) is 0 Å². The minimum atomic E-state index is -0.690. The summed E-state index contributed by atoms with van der Waals surface area (Å²) in [6, 6.07) is 34.5. The van der Waals surface area contributed by atoms with E-state index in [-0.39, 0.29) is 29.5 Å². The molecule has 8 nitrogen and oxygen atoms in total. The number of carbonyl (C=O) groups excluding carboxylic acids is 4. The molecule has 0 spiro atoms. The van der Waals surface area contributed by atoms with Crippen LogP contribution in [0.15, 0.2) is 138 Å². The van der Waals surface area contributed by atoms with E-state index in [1.54, 1.807) is 109 Å². The molecule has 2 N–H and O–H groups in total. The zero-order chi connectivity index (χ0) is 34.3. The number of hydrogen-bond acceptors (Lipinski definition) is 6. The number of amides is 4. The second-order valence-corrected chi connectivity index (χ2v) is 12.5. The molecule has 1 saturated heterocycles. The van der Waals surface area contributed by atoms with Crippen molar-refractivity contribution in [3.63, 3.8) is 0 Å². The molecule has 0 aromatic heterocycles. The standard InChI is InChI=1S/C38H27ClFN3O5S/c39-26-13-17-29(18-14-26)48-30-19-15-28(16-20-30)43-35(44)23-34(38(43)47)49-31-11-6-10-27(22-31)41-37(46)33(21-25-9-4-5-12-32(25)40)42-36(45)24-7-2-1-3-8-24/h1-22,34H,23H2,(H,41,46)(H,42,45). The number of hydrogen-bond donors (Lipinski definition) is 2. The molecular weight excluding hydrogens is 665 g/mol. The fourth-order valence-electron chi connectivity index (χ4n) is 4.97. The van der Waals surface area contributed by atoms with Crippen LogP contribution in [0.5, 0.6) is 11.5 Å². The molecular formula is C38H27ClFN3O5S. The van der Waals surface area contributed by atoms with Gasteiger partial charge in [-0.15, -0.1) is 11.8 Å². The van der Waals surface area contributed by atoms with Gasteiger partial charge in [-0.25, -0.2) is 9.29 Å². The van der Waals surface area contributed by atoms with E-state index in [4.69, 9.17) is 16.3 Å². The van der Waals surface area contributed by atoms with Gasteiger partial charge < -0.3 is 15.4 Å². The minimum absolute atomic E-state index is 0.00977. The summed E-state index contributed by atoms with van der Waals surface area (Å²) in [4.78, 5) is 54.5. The molecule has 49 heavy (non-hydrogen) atoms. The molecule has 0 saturated carbocycles. The van der Waals surface area contributed by atoms with Gasteiger partial charge in [0.15, 0.2) is 0 Å². The quantitative estimate of drug-likeness (QED) is 0.113. The SMILES string of the molecule is O=C(Nc1cccc(SC2CC(=O)N(c3ccc(Oc4ccc(Cl)cc4)cc3)C2=O)c1)C(=Cc1ccccc1F)NC(=O)c1ccccc1. The van der Waals surface area contributed by atoms with Crippen molar-refractivity contribution in [2.75, 3.05) is 10.2 Å². The van der Waals surface area contributed by atoms with Crippen LogP contribution >= 0.6 is 23.4 Å². The van der Waals surface area contributed by atoms with Gasteiger partial charge in [-0.05, 0) is 91.0 Å². The molecule has 1 aliphatic rings. The number of nitrogens with zero attached hydrogens (tertiary/aromatic N) is 1. The second kappa shape index (κ2) is 15.0. The van der Waals surface area contributed by atoms with Gasteiger partial charge in [0.2, 0.25) is 11.8 Å². The maximum atomic E-state index is 14.5. The van der Waals surface area contributed by atoms with Crippen molar-refractivity contribution in [1.82, 2.24) is 5.32 Å². The van der Waals surface area contributed by atoms with Crippen LogP contribution in [-0.2, 0) is 14.4 Å². The lowest BCUT2D eigenvalue weighted by Gasteiger charge is -2.16. The van der Waals surface area contributed by atoms with E-state index in [1.807, 2.05) is 0 Å². The fourth-order valence-corrected chi connectivity index (χ4v) is 6.21. The zero-order valence-electron chi connectivity index (χ0n) is 25.6. The van der Waals surface area contributed by atoms with Crippen molar-refractivity contribution in [1.29, 1.82) is 0 Å². The third-order valence-corrected chi connectivity index (χ3v) is 8.78. The first kappa shape index (κ1) is 33.2. The summed E-state index contributed by atoms with van der Waals surface area (Å²) in [6.07, 6.45) is 1.25. The number of rotatable bonds is 10. The Kier molecular flexibility index (Phi) is 10.2. The molecule has 6 rings (SSSR count). The first-order valence-corrected chi connectivity index (χ1v) is 16.3. The van der Waals surface area contributed by atoms with E-state index in [1.165, 1.54) is 36.0 Å². The van der Waals surface area contributed by atoms with Crippen LogP contribution in [0, 0.1) is 5.82 Å². The highest BCUT2D eigenvalue weighted by atomic mass is 35.5. The van der Waals surface area contributed by atoms with Crippen LogP contribution in [0.1, 0.15) is 22.3 Å². The summed E-state index contributed by atoms with van der Waals surface area (Å²) in [5.74, 6) is -1.37. The third kappa shape index (κ3) is 8.24. The maximum absolute atomic E-state index is 14.5. The van der Waals surface area contributed by atoms with E-state index in [2.05, 4.69) is 10.6 Å². The van der Waals surface area contributed by atoms with Crippen molar-refractivity contribution >= 4 is 64.4 Å². The van der Waals surface area contributed by atoms with E-state index in [0.29, 0.717) is 38.4 Å². The lowest BCUT2D eigenvalue weighted by atomic mass is 10.1. The highest BCUT2D eigenvalue weighted by Gasteiger charge is 2.40. The number of benzene rings is 5. The summed E-state index contributed by atoms with van der Waals surface area (Å²) in [5, 5.41) is 5.23. The lowest BCUT2D eigenvalue weighted by Crippen LogP contribution is -2.31. The Hall–Kier alpha value is -5.71. The Morgan fingerprint density at radius 3 is 2.22 bits per heavy atom. The van der Waals surface area contributed by atoms with Gasteiger partial charge in [0.25, 0.3) is 11.8 Å². The number of thioether (sulfide) groups is 1. The number of halogens is 2. The van der Waals surface area contributed by atoms with Crippen molar-refractivity contribution in [3.05, 3.63) is 155 Å². The van der Waals surface area contributed by atoms with Crippen LogP contribution in [0.25, 0.3) is 6.08 Å². The average Bonchev–Trinajstić information content (AvgIpc) is 3.38. The Labute approximate surface area is 290 Å². The third-order valence-electron chi connectivity index (χ3n) is 7.35. The number of ether oxygens (including phenoxy) is 1. The number of imide groups is 1. The summed E-state index contributed by atoms with van der Waals surface area (Å²) >= 11 is 7.13. The van der Waals surface area contributed by atoms with Gasteiger partial charge in [0.05, 0.1) is 10.9 Å². The van der Waals surface area contributed by atoms with Gasteiger partial charge in [-0.1, -0.05) is 54.1 Å². The van der Waals surface area contributed by atoms with Crippen LogP contribution in [0.2, 0.25) is 5.02 Å². The highest BCUT2D eigenvalue weighted by Crippen LogP contribution is 2.36. The van der Waals surface area contributed by atoms with Gasteiger partial charge in [-0.3, -0.25) is 19.2 Å². The van der Waals surface area contributed by atoms with Crippen molar-refractivity contribution < 1.29 is 28.3 Å². The maximum Gasteiger partial charge on any atom is 0.272 e. The molecule has 1 unspecified atom stereocenters. The van der Waals surface area contributed by atoms with E-state index in [9.17, 15) is 23.6 Å². The molecule has 244 valence electrons. The number of nitrogens with one attached hydrogen (secondary N) is 2. The molecule has 1 heterocycles. The van der Waals surface area contributed by atoms with Gasteiger partial charge in [-0.2, -0.15) is 0 Å². The highest BCUT2D eigenvalue weighted by molar-refractivity contribution is 8.00. The lowest BCUT2D eigenvalue weighted by molar-refractivity contribution is -0.121. The molecule has 0 aliphatic carbocycles. The topological polar surface area (TPSA) is 105 Å². The predicted octanol–water partition coefficient (Wildman–Crippen LogP) is 8.11. The van der Waals surface area contributed by atoms with Gasteiger partial charge in [0, 0.05) is 33.2 Å².